The molecule has 0 spiro atoms. The van der Waals surface area contributed by atoms with E-state index < -0.39 is 0 Å². The van der Waals surface area contributed by atoms with Crippen LogP contribution >= 0.6 is 11.8 Å². The number of aryl methyl sites for hydroxylation is 1. The zero-order valence-electron chi connectivity index (χ0n) is 11.1. The molecule has 3 N–H and O–H groups in total. The molecule has 0 radical (unpaired) electrons. The Balaban J connectivity index is 2.34. The molecule has 0 heterocycles. The molecule has 0 saturated heterocycles. The van der Waals surface area contributed by atoms with Gasteiger partial charge in [-0.3, -0.25) is 4.79 Å². The Morgan fingerprint density at radius 2 is 2.06 bits per heavy atom. The summed E-state index contributed by atoms with van der Waals surface area (Å²) in [4.78, 5) is 11.8. The number of nitrogen functional groups attached to an aromatic ring is 1. The molecule has 4 heteroatoms. The van der Waals surface area contributed by atoms with Crippen LogP contribution in [0.25, 0.3) is 0 Å². The van der Waals surface area contributed by atoms with Crippen molar-refractivity contribution in [3.8, 4) is 0 Å². The monoisotopic (exact) mass is 266 g/mol. The average Bonchev–Trinajstić information content (AvgIpc) is 2.37. The molecule has 0 aliphatic rings. The van der Waals surface area contributed by atoms with E-state index >= 15 is 0 Å². The van der Waals surface area contributed by atoms with E-state index in [2.05, 4.69) is 18.5 Å². The van der Waals surface area contributed by atoms with Gasteiger partial charge >= 0.3 is 0 Å². The van der Waals surface area contributed by atoms with E-state index in [1.165, 1.54) is 0 Å². The number of benzene rings is 1. The summed E-state index contributed by atoms with van der Waals surface area (Å²) in [5.41, 5.74) is 7.53. The summed E-state index contributed by atoms with van der Waals surface area (Å²) in [6, 6.07) is 7.98. The maximum absolute atomic E-state index is 11.8. The van der Waals surface area contributed by atoms with Crippen molar-refractivity contribution in [1.82, 2.24) is 5.32 Å². The molecular formula is C14H22N2OS. The lowest BCUT2D eigenvalue weighted by atomic mass is 10.1. The van der Waals surface area contributed by atoms with Gasteiger partial charge in [-0.25, -0.2) is 0 Å². The molecule has 1 atom stereocenters. The van der Waals surface area contributed by atoms with Crippen LogP contribution < -0.4 is 11.1 Å². The number of hydrogen-bond acceptors (Lipinski definition) is 3. The lowest BCUT2D eigenvalue weighted by molar-refractivity contribution is -0.121. The first-order chi connectivity index (χ1) is 8.65. The summed E-state index contributed by atoms with van der Waals surface area (Å²) >= 11 is 1.76. The quantitative estimate of drug-likeness (QED) is 0.745. The van der Waals surface area contributed by atoms with Crippen LogP contribution in [0, 0.1) is 0 Å². The molecule has 0 aliphatic heterocycles. The van der Waals surface area contributed by atoms with E-state index in [1.54, 1.807) is 11.8 Å². The fourth-order valence-electron chi connectivity index (χ4n) is 1.70. The predicted molar refractivity (Wildman–Crippen MR) is 79.8 cm³/mol. The zero-order valence-corrected chi connectivity index (χ0v) is 11.9. The average molecular weight is 266 g/mol. The molecule has 1 aromatic carbocycles. The zero-order chi connectivity index (χ0) is 13.4. The van der Waals surface area contributed by atoms with E-state index in [1.807, 2.05) is 24.3 Å². The third-order valence-electron chi connectivity index (χ3n) is 2.85. The van der Waals surface area contributed by atoms with Crippen molar-refractivity contribution in [3.63, 3.8) is 0 Å². The van der Waals surface area contributed by atoms with E-state index in [0.29, 0.717) is 12.5 Å². The second-order valence-electron chi connectivity index (χ2n) is 4.37. The molecule has 1 aromatic rings. The summed E-state index contributed by atoms with van der Waals surface area (Å²) in [5.74, 6) is 1.11. The van der Waals surface area contributed by atoms with Crippen LogP contribution in [0.5, 0.6) is 0 Å². The van der Waals surface area contributed by atoms with Crippen LogP contribution in [0.15, 0.2) is 24.3 Å². The summed E-state index contributed by atoms with van der Waals surface area (Å²) in [6.45, 7) is 2.10. The van der Waals surface area contributed by atoms with Gasteiger partial charge in [0.15, 0.2) is 0 Å². The van der Waals surface area contributed by atoms with Gasteiger partial charge in [0.1, 0.15) is 0 Å². The Morgan fingerprint density at radius 1 is 1.39 bits per heavy atom. The lowest BCUT2D eigenvalue weighted by Crippen LogP contribution is -2.36. The molecule has 0 fully saturated rings. The lowest BCUT2D eigenvalue weighted by Gasteiger charge is -2.15. The molecule has 1 unspecified atom stereocenters. The van der Waals surface area contributed by atoms with E-state index in [4.69, 9.17) is 5.73 Å². The molecule has 1 rings (SSSR count). The van der Waals surface area contributed by atoms with Gasteiger partial charge in [-0.1, -0.05) is 19.1 Å². The highest BCUT2D eigenvalue weighted by molar-refractivity contribution is 7.98. The van der Waals surface area contributed by atoms with E-state index in [0.717, 1.165) is 29.8 Å². The first kappa shape index (κ1) is 14.9. The van der Waals surface area contributed by atoms with Crippen molar-refractivity contribution < 1.29 is 4.79 Å². The van der Waals surface area contributed by atoms with Gasteiger partial charge in [0.05, 0.1) is 0 Å². The van der Waals surface area contributed by atoms with Gasteiger partial charge in [-0.05, 0) is 36.8 Å². The van der Waals surface area contributed by atoms with E-state index in [9.17, 15) is 4.79 Å². The minimum absolute atomic E-state index is 0.132. The molecule has 100 valence electrons. The number of nitrogens with two attached hydrogens (primary N) is 1. The highest BCUT2D eigenvalue weighted by Gasteiger charge is 2.09. The molecule has 0 aromatic heterocycles. The normalized spacial score (nSPS) is 12.1. The van der Waals surface area contributed by atoms with Crippen LogP contribution in [0.4, 0.5) is 5.69 Å². The number of thioether (sulfide) groups is 1. The fraction of sp³-hybridized carbons (Fsp3) is 0.500. The Morgan fingerprint density at radius 3 is 2.61 bits per heavy atom. The van der Waals surface area contributed by atoms with Crippen molar-refractivity contribution in [1.29, 1.82) is 0 Å². The van der Waals surface area contributed by atoms with Crippen LogP contribution in [-0.2, 0) is 11.2 Å². The third-order valence-corrected chi connectivity index (χ3v) is 3.58. The fourth-order valence-corrected chi connectivity index (χ4v) is 2.43. The second kappa shape index (κ2) is 8.03. The second-order valence-corrected chi connectivity index (χ2v) is 5.28. The Hall–Kier alpha value is -1.16. The summed E-state index contributed by atoms with van der Waals surface area (Å²) in [5, 5.41) is 3.06. The standard InChI is InChI=1S/C14H22N2OS/c1-3-13(10-18-2)16-14(17)9-6-11-4-7-12(15)8-5-11/h4-5,7-8,13H,3,6,9-10,15H2,1-2H3,(H,16,17). The Labute approximate surface area is 114 Å². The molecular weight excluding hydrogens is 244 g/mol. The molecule has 0 saturated carbocycles. The maximum Gasteiger partial charge on any atom is 0.220 e. The first-order valence-corrected chi connectivity index (χ1v) is 7.67. The number of anilines is 1. The number of nitrogens with one attached hydrogen (secondary N) is 1. The SMILES string of the molecule is CCC(CSC)NC(=O)CCc1ccc(N)cc1. The summed E-state index contributed by atoms with van der Waals surface area (Å²) in [7, 11) is 0. The minimum Gasteiger partial charge on any atom is -0.399 e. The van der Waals surface area contributed by atoms with Crippen molar-refractivity contribution in [2.75, 3.05) is 17.7 Å². The van der Waals surface area contributed by atoms with Gasteiger partial charge in [0, 0.05) is 23.9 Å². The van der Waals surface area contributed by atoms with Crippen LogP contribution in [0.2, 0.25) is 0 Å². The molecule has 3 nitrogen and oxygen atoms in total. The Kier molecular flexibility index (Phi) is 6.65. The van der Waals surface area contributed by atoms with Crippen LogP contribution in [-0.4, -0.2) is 24.0 Å². The smallest absolute Gasteiger partial charge is 0.220 e. The van der Waals surface area contributed by atoms with Gasteiger partial charge in [-0.2, -0.15) is 11.8 Å². The highest BCUT2D eigenvalue weighted by Crippen LogP contribution is 2.08. The highest BCUT2D eigenvalue weighted by atomic mass is 32.2. The first-order valence-electron chi connectivity index (χ1n) is 6.28. The summed E-state index contributed by atoms with van der Waals surface area (Å²) in [6.07, 6.45) is 4.34. The number of hydrogen-bond donors (Lipinski definition) is 2. The van der Waals surface area contributed by atoms with Gasteiger partial charge in [0.2, 0.25) is 5.91 Å². The number of amides is 1. The Bertz CT molecular complexity index is 365. The minimum atomic E-state index is 0.132. The van der Waals surface area contributed by atoms with Crippen LogP contribution in [0.3, 0.4) is 0 Å². The molecule has 1 amide bonds. The molecule has 18 heavy (non-hydrogen) atoms. The van der Waals surface area contributed by atoms with Gasteiger partial charge in [0.25, 0.3) is 0 Å². The summed E-state index contributed by atoms with van der Waals surface area (Å²) < 4.78 is 0. The molecule has 0 bridgehead atoms. The number of rotatable bonds is 7. The number of carbonyl (C=O) groups is 1. The van der Waals surface area contributed by atoms with E-state index in [-0.39, 0.29) is 5.91 Å². The topological polar surface area (TPSA) is 55.1 Å². The van der Waals surface area contributed by atoms with Crippen molar-refractivity contribution in [2.24, 2.45) is 0 Å². The van der Waals surface area contributed by atoms with Crippen molar-refractivity contribution in [2.45, 2.75) is 32.2 Å². The largest absolute Gasteiger partial charge is 0.399 e. The predicted octanol–water partition coefficient (Wildman–Crippen LogP) is 2.46. The van der Waals surface area contributed by atoms with Crippen molar-refractivity contribution in [3.05, 3.63) is 29.8 Å². The van der Waals surface area contributed by atoms with Gasteiger partial charge < -0.3 is 11.1 Å². The third kappa shape index (κ3) is 5.45. The van der Waals surface area contributed by atoms with Crippen LogP contribution in [0.1, 0.15) is 25.3 Å². The number of carbonyl (C=O) groups excluding carboxylic acids is 1. The van der Waals surface area contributed by atoms with Crippen molar-refractivity contribution >= 4 is 23.4 Å². The maximum atomic E-state index is 11.8. The molecule has 0 aliphatic carbocycles. The van der Waals surface area contributed by atoms with Gasteiger partial charge in [-0.15, -0.1) is 0 Å².